The maximum Gasteiger partial charge on any atom is 0.237 e. The maximum absolute atomic E-state index is 11.8. The van der Waals surface area contributed by atoms with Crippen molar-refractivity contribution >= 4 is 5.91 Å². The molecule has 0 bridgehead atoms. The average Bonchev–Trinajstić information content (AvgIpc) is 2.23. The van der Waals surface area contributed by atoms with E-state index in [0.717, 1.165) is 19.4 Å². The number of nitrogens with one attached hydrogen (secondary N) is 2. The molecule has 0 aromatic rings. The minimum Gasteiger partial charge on any atom is -0.350 e. The molecule has 0 rings (SSSR count). The number of hydrogen-bond donors (Lipinski definition) is 2. The van der Waals surface area contributed by atoms with Crippen molar-refractivity contribution in [2.24, 2.45) is 0 Å². The Hall–Kier alpha value is -0.570. The fourth-order valence-corrected chi connectivity index (χ4v) is 1.32. The van der Waals surface area contributed by atoms with E-state index >= 15 is 0 Å². The van der Waals surface area contributed by atoms with E-state index in [0.29, 0.717) is 0 Å². The van der Waals surface area contributed by atoms with Crippen LogP contribution >= 0.6 is 0 Å². The second kappa shape index (κ2) is 7.66. The van der Waals surface area contributed by atoms with Gasteiger partial charge in [-0.1, -0.05) is 26.7 Å². The normalized spacial score (nSPS) is 13.6. The van der Waals surface area contributed by atoms with Crippen LogP contribution in [0.15, 0.2) is 0 Å². The Morgan fingerprint density at radius 1 is 1.25 bits per heavy atom. The van der Waals surface area contributed by atoms with E-state index in [9.17, 15) is 4.79 Å². The summed E-state index contributed by atoms with van der Waals surface area (Å²) in [7, 11) is 0. The fourth-order valence-electron chi connectivity index (χ4n) is 1.32. The second-order valence-corrected chi connectivity index (χ2v) is 5.11. The van der Waals surface area contributed by atoms with Crippen molar-refractivity contribution < 1.29 is 4.79 Å². The first-order chi connectivity index (χ1) is 7.43. The Balaban J connectivity index is 3.82. The van der Waals surface area contributed by atoms with Crippen LogP contribution < -0.4 is 10.6 Å². The van der Waals surface area contributed by atoms with E-state index < -0.39 is 0 Å². The molecule has 1 amide bonds. The van der Waals surface area contributed by atoms with Crippen LogP contribution in [-0.2, 0) is 4.79 Å². The van der Waals surface area contributed by atoms with Gasteiger partial charge >= 0.3 is 0 Å². The highest BCUT2D eigenvalue weighted by Crippen LogP contribution is 2.06. The molecule has 3 heteroatoms. The molecular formula is C13H28N2O. The van der Waals surface area contributed by atoms with Crippen LogP contribution in [0.2, 0.25) is 0 Å². The van der Waals surface area contributed by atoms with Gasteiger partial charge in [-0.25, -0.2) is 0 Å². The molecule has 0 aliphatic rings. The van der Waals surface area contributed by atoms with E-state index in [1.807, 2.05) is 6.92 Å². The number of hydrogen-bond acceptors (Lipinski definition) is 2. The topological polar surface area (TPSA) is 41.1 Å². The Labute approximate surface area is 100 Å². The van der Waals surface area contributed by atoms with Gasteiger partial charge in [0.15, 0.2) is 0 Å². The highest BCUT2D eigenvalue weighted by Gasteiger charge is 2.20. The number of amides is 1. The minimum absolute atomic E-state index is 0.0947. The fraction of sp³-hybridized carbons (Fsp3) is 0.923. The first-order valence-corrected chi connectivity index (χ1v) is 6.48. The molecule has 0 spiro atoms. The monoisotopic (exact) mass is 228 g/mol. The zero-order valence-corrected chi connectivity index (χ0v) is 11.5. The van der Waals surface area contributed by atoms with Crippen molar-refractivity contribution in [2.45, 2.75) is 71.9 Å². The molecule has 0 saturated carbocycles. The lowest BCUT2D eigenvalue weighted by atomic mass is 10.0. The molecule has 16 heavy (non-hydrogen) atoms. The van der Waals surface area contributed by atoms with Crippen LogP contribution in [0.3, 0.4) is 0 Å². The number of carbonyl (C=O) groups excluding carboxylic acids is 1. The summed E-state index contributed by atoms with van der Waals surface area (Å²) in [4.78, 5) is 11.8. The minimum atomic E-state index is -0.101. The molecule has 0 aromatic heterocycles. The van der Waals surface area contributed by atoms with Crippen LogP contribution in [0.25, 0.3) is 0 Å². The summed E-state index contributed by atoms with van der Waals surface area (Å²) in [6, 6.07) is -0.0947. The van der Waals surface area contributed by atoms with Crippen LogP contribution in [0.1, 0.15) is 60.3 Å². The molecule has 96 valence electrons. The summed E-state index contributed by atoms with van der Waals surface area (Å²) in [6.45, 7) is 11.2. The third-order valence-corrected chi connectivity index (χ3v) is 2.97. The summed E-state index contributed by atoms with van der Waals surface area (Å²) in [5.74, 6) is 0.100. The lowest BCUT2D eigenvalue weighted by molar-refractivity contribution is -0.124. The maximum atomic E-state index is 11.8. The molecule has 3 nitrogen and oxygen atoms in total. The molecule has 2 N–H and O–H groups in total. The molecule has 0 fully saturated rings. The van der Waals surface area contributed by atoms with E-state index in [4.69, 9.17) is 0 Å². The average molecular weight is 228 g/mol. The molecule has 0 aliphatic carbocycles. The van der Waals surface area contributed by atoms with Gasteiger partial charge < -0.3 is 10.6 Å². The molecule has 1 atom stereocenters. The molecule has 0 radical (unpaired) electrons. The van der Waals surface area contributed by atoms with Crippen LogP contribution in [-0.4, -0.2) is 24.0 Å². The van der Waals surface area contributed by atoms with Crippen molar-refractivity contribution in [2.75, 3.05) is 6.54 Å². The Morgan fingerprint density at radius 3 is 2.38 bits per heavy atom. The Kier molecular flexibility index (Phi) is 7.39. The van der Waals surface area contributed by atoms with Gasteiger partial charge in [0.25, 0.3) is 0 Å². The van der Waals surface area contributed by atoms with E-state index in [-0.39, 0.29) is 17.5 Å². The molecule has 0 aliphatic heterocycles. The third-order valence-electron chi connectivity index (χ3n) is 2.97. The van der Waals surface area contributed by atoms with Crippen LogP contribution in [0, 0.1) is 0 Å². The number of carbonyl (C=O) groups is 1. The zero-order valence-electron chi connectivity index (χ0n) is 11.5. The van der Waals surface area contributed by atoms with Gasteiger partial charge in [0.2, 0.25) is 5.91 Å². The molecule has 1 unspecified atom stereocenters. The van der Waals surface area contributed by atoms with Crippen molar-refractivity contribution in [3.8, 4) is 0 Å². The zero-order chi connectivity index (χ0) is 12.6. The summed E-state index contributed by atoms with van der Waals surface area (Å²) < 4.78 is 0. The summed E-state index contributed by atoms with van der Waals surface area (Å²) >= 11 is 0. The van der Waals surface area contributed by atoms with Gasteiger partial charge in [-0.05, 0) is 40.2 Å². The van der Waals surface area contributed by atoms with Gasteiger partial charge in [-0.2, -0.15) is 0 Å². The Bertz CT molecular complexity index is 202. The highest BCUT2D eigenvalue weighted by molar-refractivity contribution is 5.81. The standard InChI is InChI=1S/C13H28N2O/c1-6-8-9-10-14-11(3)12(16)15-13(4,5)7-2/h11,14H,6-10H2,1-5H3,(H,15,16). The summed E-state index contributed by atoms with van der Waals surface area (Å²) in [5.41, 5.74) is -0.101. The predicted molar refractivity (Wildman–Crippen MR) is 69.5 cm³/mol. The predicted octanol–water partition coefficient (Wildman–Crippen LogP) is 2.46. The van der Waals surface area contributed by atoms with Crippen molar-refractivity contribution in [1.82, 2.24) is 10.6 Å². The molecule has 0 aromatic carbocycles. The quantitative estimate of drug-likeness (QED) is 0.627. The van der Waals surface area contributed by atoms with E-state index in [2.05, 4.69) is 38.3 Å². The molecule has 0 saturated heterocycles. The van der Waals surface area contributed by atoms with Gasteiger partial charge in [-0.15, -0.1) is 0 Å². The summed E-state index contributed by atoms with van der Waals surface area (Å²) in [6.07, 6.45) is 4.53. The lowest BCUT2D eigenvalue weighted by Gasteiger charge is -2.26. The smallest absolute Gasteiger partial charge is 0.237 e. The van der Waals surface area contributed by atoms with Gasteiger partial charge in [0.1, 0.15) is 0 Å². The Morgan fingerprint density at radius 2 is 1.88 bits per heavy atom. The van der Waals surface area contributed by atoms with Crippen LogP contribution in [0.5, 0.6) is 0 Å². The van der Waals surface area contributed by atoms with Crippen molar-refractivity contribution in [3.05, 3.63) is 0 Å². The molecule has 0 heterocycles. The van der Waals surface area contributed by atoms with Gasteiger partial charge in [-0.3, -0.25) is 4.79 Å². The number of rotatable bonds is 8. The van der Waals surface area contributed by atoms with Gasteiger partial charge in [0, 0.05) is 5.54 Å². The lowest BCUT2D eigenvalue weighted by Crippen LogP contribution is -2.50. The van der Waals surface area contributed by atoms with Gasteiger partial charge in [0.05, 0.1) is 6.04 Å². The van der Waals surface area contributed by atoms with Crippen molar-refractivity contribution in [3.63, 3.8) is 0 Å². The first-order valence-electron chi connectivity index (χ1n) is 6.48. The third kappa shape index (κ3) is 6.83. The van der Waals surface area contributed by atoms with E-state index in [1.165, 1.54) is 12.8 Å². The first kappa shape index (κ1) is 15.4. The van der Waals surface area contributed by atoms with Crippen LogP contribution in [0.4, 0.5) is 0 Å². The number of unbranched alkanes of at least 4 members (excludes halogenated alkanes) is 2. The van der Waals surface area contributed by atoms with E-state index in [1.54, 1.807) is 0 Å². The SMILES string of the molecule is CCCCCNC(C)C(=O)NC(C)(C)CC. The van der Waals surface area contributed by atoms with Crippen molar-refractivity contribution in [1.29, 1.82) is 0 Å². The largest absolute Gasteiger partial charge is 0.350 e. The molecular weight excluding hydrogens is 200 g/mol. The highest BCUT2D eigenvalue weighted by atomic mass is 16.2. The second-order valence-electron chi connectivity index (χ2n) is 5.11. The summed E-state index contributed by atoms with van der Waals surface area (Å²) in [5, 5.41) is 6.30.